The van der Waals surface area contributed by atoms with Crippen LogP contribution in [0.5, 0.6) is 0 Å². The van der Waals surface area contributed by atoms with E-state index >= 15 is 0 Å². The van der Waals surface area contributed by atoms with E-state index in [4.69, 9.17) is 4.74 Å². The van der Waals surface area contributed by atoms with E-state index in [2.05, 4.69) is 0 Å². The van der Waals surface area contributed by atoms with Gasteiger partial charge in [0.15, 0.2) is 5.78 Å². The van der Waals surface area contributed by atoms with Gasteiger partial charge in [-0.25, -0.2) is 0 Å². The van der Waals surface area contributed by atoms with Gasteiger partial charge >= 0.3 is 5.97 Å². The summed E-state index contributed by atoms with van der Waals surface area (Å²) in [6.45, 7) is 14.2. The van der Waals surface area contributed by atoms with E-state index in [1.165, 1.54) is 0 Å². The number of hydrogen-bond acceptors (Lipinski definition) is 3. The van der Waals surface area contributed by atoms with Crippen LogP contribution in [0.15, 0.2) is 12.1 Å². The van der Waals surface area contributed by atoms with Crippen LogP contribution in [0.4, 0.5) is 0 Å². The monoisotopic (exact) mass is 318 g/mol. The standard InChI is InChI=1S/C20H30O3/c1-12(2)8-17(20(22)23-11-13(3)4)19(21)18-15(6)9-14(5)10-16(18)7/h9-10,12-13,17H,8,11H2,1-7H3. The number of Topliss-reactive ketones (excluding diaryl/α,β-unsaturated/α-hetero) is 1. The zero-order chi connectivity index (χ0) is 17.7. The predicted molar refractivity (Wildman–Crippen MR) is 93.7 cm³/mol. The molecule has 0 spiro atoms. The third-order valence-electron chi connectivity index (χ3n) is 3.79. The number of ketones is 1. The van der Waals surface area contributed by atoms with Crippen molar-refractivity contribution in [3.8, 4) is 0 Å². The van der Waals surface area contributed by atoms with E-state index in [9.17, 15) is 9.59 Å². The van der Waals surface area contributed by atoms with Crippen molar-refractivity contribution in [2.24, 2.45) is 17.8 Å². The number of esters is 1. The molecule has 1 aromatic rings. The highest BCUT2D eigenvalue weighted by molar-refractivity contribution is 6.10. The topological polar surface area (TPSA) is 43.4 Å². The summed E-state index contributed by atoms with van der Waals surface area (Å²) in [5, 5.41) is 0. The maximum absolute atomic E-state index is 13.0. The Morgan fingerprint density at radius 2 is 1.48 bits per heavy atom. The van der Waals surface area contributed by atoms with Crippen LogP contribution in [0.1, 0.15) is 61.2 Å². The van der Waals surface area contributed by atoms with Gasteiger partial charge in [0.05, 0.1) is 6.61 Å². The van der Waals surface area contributed by atoms with Crippen LogP contribution in [0.2, 0.25) is 0 Å². The van der Waals surface area contributed by atoms with E-state index in [-0.39, 0.29) is 17.6 Å². The minimum atomic E-state index is -0.714. The second kappa shape index (κ2) is 8.28. The van der Waals surface area contributed by atoms with Crippen LogP contribution in [0.3, 0.4) is 0 Å². The molecule has 0 aliphatic carbocycles. The van der Waals surface area contributed by atoms with Crippen molar-refractivity contribution in [2.75, 3.05) is 6.61 Å². The zero-order valence-electron chi connectivity index (χ0n) is 15.5. The number of ether oxygens (including phenoxy) is 1. The number of carbonyl (C=O) groups excluding carboxylic acids is 2. The van der Waals surface area contributed by atoms with Crippen LogP contribution >= 0.6 is 0 Å². The molecule has 23 heavy (non-hydrogen) atoms. The van der Waals surface area contributed by atoms with Crippen molar-refractivity contribution in [3.63, 3.8) is 0 Å². The number of benzene rings is 1. The Labute approximate surface area is 140 Å². The fourth-order valence-corrected chi connectivity index (χ4v) is 2.87. The van der Waals surface area contributed by atoms with Crippen molar-refractivity contribution in [2.45, 2.75) is 54.9 Å². The first kappa shape index (κ1) is 19.4. The molecule has 0 saturated heterocycles. The quantitative estimate of drug-likeness (QED) is 0.417. The van der Waals surface area contributed by atoms with Crippen LogP contribution in [-0.2, 0) is 9.53 Å². The molecule has 3 nitrogen and oxygen atoms in total. The molecule has 0 bridgehead atoms. The Kier molecular flexibility index (Phi) is 6.99. The summed E-state index contributed by atoms with van der Waals surface area (Å²) in [7, 11) is 0. The third kappa shape index (κ3) is 5.49. The third-order valence-corrected chi connectivity index (χ3v) is 3.79. The molecule has 1 atom stereocenters. The van der Waals surface area contributed by atoms with Crippen LogP contribution in [0.25, 0.3) is 0 Å². The molecule has 0 amide bonds. The van der Waals surface area contributed by atoms with E-state index in [1.807, 2.05) is 60.6 Å². The van der Waals surface area contributed by atoms with Crippen molar-refractivity contribution < 1.29 is 14.3 Å². The molecule has 0 aliphatic rings. The molecule has 0 fully saturated rings. The van der Waals surface area contributed by atoms with Gasteiger partial charge in [-0.15, -0.1) is 0 Å². The van der Waals surface area contributed by atoms with E-state index in [0.717, 1.165) is 16.7 Å². The van der Waals surface area contributed by atoms with Gasteiger partial charge in [-0.3, -0.25) is 9.59 Å². The van der Waals surface area contributed by atoms with Crippen molar-refractivity contribution in [1.82, 2.24) is 0 Å². The van der Waals surface area contributed by atoms with Gasteiger partial charge in [-0.05, 0) is 50.2 Å². The maximum Gasteiger partial charge on any atom is 0.316 e. The Morgan fingerprint density at radius 1 is 0.957 bits per heavy atom. The van der Waals surface area contributed by atoms with Gasteiger partial charge in [0, 0.05) is 5.56 Å². The molecule has 3 heteroatoms. The summed E-state index contributed by atoms with van der Waals surface area (Å²) in [5.41, 5.74) is 3.65. The summed E-state index contributed by atoms with van der Waals surface area (Å²) in [4.78, 5) is 25.5. The van der Waals surface area contributed by atoms with Gasteiger partial charge in [-0.2, -0.15) is 0 Å². The van der Waals surface area contributed by atoms with Crippen LogP contribution < -0.4 is 0 Å². The summed E-state index contributed by atoms with van der Waals surface area (Å²) < 4.78 is 5.35. The van der Waals surface area contributed by atoms with Gasteiger partial charge in [0.25, 0.3) is 0 Å². The smallest absolute Gasteiger partial charge is 0.316 e. The molecular formula is C20H30O3. The first-order valence-electron chi connectivity index (χ1n) is 8.42. The van der Waals surface area contributed by atoms with Crippen molar-refractivity contribution >= 4 is 11.8 Å². The largest absolute Gasteiger partial charge is 0.465 e. The lowest BCUT2D eigenvalue weighted by molar-refractivity contribution is -0.148. The van der Waals surface area contributed by atoms with Crippen molar-refractivity contribution in [1.29, 1.82) is 0 Å². The summed E-state index contributed by atoms with van der Waals surface area (Å²) in [5.74, 6) is -0.703. The number of carbonyl (C=O) groups is 2. The molecule has 1 rings (SSSR count). The molecular weight excluding hydrogens is 288 g/mol. The average molecular weight is 318 g/mol. The van der Waals surface area contributed by atoms with E-state index < -0.39 is 11.9 Å². The highest BCUT2D eigenvalue weighted by Crippen LogP contribution is 2.25. The molecule has 0 radical (unpaired) electrons. The number of hydrogen-bond donors (Lipinski definition) is 0. The van der Waals surface area contributed by atoms with E-state index in [1.54, 1.807) is 0 Å². The lowest BCUT2D eigenvalue weighted by atomic mass is 9.85. The summed E-state index contributed by atoms with van der Waals surface area (Å²) >= 11 is 0. The summed E-state index contributed by atoms with van der Waals surface area (Å²) in [6, 6.07) is 3.98. The minimum absolute atomic E-state index is 0.109. The Bertz CT molecular complexity index is 547. The van der Waals surface area contributed by atoms with Crippen LogP contribution in [0, 0.1) is 38.5 Å². The second-order valence-electron chi connectivity index (χ2n) is 7.34. The zero-order valence-corrected chi connectivity index (χ0v) is 15.5. The molecule has 0 N–H and O–H groups in total. The normalized spacial score (nSPS) is 12.6. The van der Waals surface area contributed by atoms with Gasteiger partial charge < -0.3 is 4.74 Å². The molecule has 0 saturated carbocycles. The first-order chi connectivity index (χ1) is 10.6. The second-order valence-corrected chi connectivity index (χ2v) is 7.34. The lowest BCUT2D eigenvalue weighted by Crippen LogP contribution is -2.29. The Balaban J connectivity index is 3.12. The summed E-state index contributed by atoms with van der Waals surface area (Å²) in [6.07, 6.45) is 0.516. The fourth-order valence-electron chi connectivity index (χ4n) is 2.87. The Hall–Kier alpha value is -1.64. The number of rotatable bonds is 7. The maximum atomic E-state index is 13.0. The fraction of sp³-hybridized carbons (Fsp3) is 0.600. The van der Waals surface area contributed by atoms with E-state index in [0.29, 0.717) is 18.6 Å². The van der Waals surface area contributed by atoms with Gasteiger partial charge in [0.2, 0.25) is 0 Å². The predicted octanol–water partition coefficient (Wildman–Crippen LogP) is 4.66. The Morgan fingerprint density at radius 3 is 1.91 bits per heavy atom. The highest BCUT2D eigenvalue weighted by atomic mass is 16.5. The van der Waals surface area contributed by atoms with Gasteiger partial charge in [0.1, 0.15) is 5.92 Å². The van der Waals surface area contributed by atoms with Gasteiger partial charge in [-0.1, -0.05) is 45.4 Å². The molecule has 0 aliphatic heterocycles. The minimum Gasteiger partial charge on any atom is -0.465 e. The van der Waals surface area contributed by atoms with Crippen LogP contribution in [-0.4, -0.2) is 18.4 Å². The van der Waals surface area contributed by atoms with Crippen molar-refractivity contribution in [3.05, 3.63) is 34.4 Å². The molecule has 0 aromatic heterocycles. The highest BCUT2D eigenvalue weighted by Gasteiger charge is 2.31. The molecule has 0 heterocycles. The number of aryl methyl sites for hydroxylation is 3. The first-order valence-corrected chi connectivity index (χ1v) is 8.42. The lowest BCUT2D eigenvalue weighted by Gasteiger charge is -2.20. The molecule has 1 aromatic carbocycles. The molecule has 1 unspecified atom stereocenters. The molecule has 128 valence electrons. The average Bonchev–Trinajstić information content (AvgIpc) is 2.40. The SMILES string of the molecule is Cc1cc(C)c(C(=O)C(CC(C)C)C(=O)OCC(C)C)c(C)c1.